The van der Waals surface area contributed by atoms with E-state index in [2.05, 4.69) is 0 Å². The zero-order chi connectivity index (χ0) is 25.0. The SMILES string of the molecule is N#CC1=CC2C3C(=O)N(c4ccc(Cl)cc4Cl)C(=O)C3C(C(=O)c3cccc([N+](=O)[O-])c3)N2C=C1. The van der Waals surface area contributed by atoms with E-state index >= 15 is 0 Å². The molecule has 0 spiro atoms. The minimum atomic E-state index is -1.12. The van der Waals surface area contributed by atoms with Crippen LogP contribution < -0.4 is 4.90 Å². The topological polar surface area (TPSA) is 125 Å². The molecule has 0 bridgehead atoms. The molecular formula is C24H14Cl2N4O5. The first-order valence-corrected chi connectivity index (χ1v) is 11.2. The number of nitriles is 1. The van der Waals surface area contributed by atoms with Crippen LogP contribution in [0.1, 0.15) is 10.4 Å². The predicted molar refractivity (Wildman–Crippen MR) is 126 cm³/mol. The van der Waals surface area contributed by atoms with E-state index in [4.69, 9.17) is 23.2 Å². The molecule has 5 rings (SSSR count). The normalized spacial score (nSPS) is 24.7. The molecule has 2 aromatic rings. The second-order valence-electron chi connectivity index (χ2n) is 8.26. The summed E-state index contributed by atoms with van der Waals surface area (Å²) in [5, 5.41) is 21.0. The predicted octanol–water partition coefficient (Wildman–Crippen LogP) is 3.92. The molecule has 11 heteroatoms. The highest BCUT2D eigenvalue weighted by atomic mass is 35.5. The van der Waals surface area contributed by atoms with Gasteiger partial charge in [0.15, 0.2) is 5.78 Å². The first-order chi connectivity index (χ1) is 16.7. The Morgan fingerprint density at radius 2 is 1.83 bits per heavy atom. The second-order valence-corrected chi connectivity index (χ2v) is 9.11. The number of carbonyl (C=O) groups is 3. The fourth-order valence-electron chi connectivity index (χ4n) is 4.96. The summed E-state index contributed by atoms with van der Waals surface area (Å²) in [5.41, 5.74) is 0.197. The summed E-state index contributed by atoms with van der Waals surface area (Å²) in [5.74, 6) is -3.78. The number of amides is 2. The fraction of sp³-hybridized carbons (Fsp3) is 0.167. The number of nitrogens with zero attached hydrogens (tertiary/aromatic N) is 4. The largest absolute Gasteiger partial charge is 0.359 e. The highest BCUT2D eigenvalue weighted by Gasteiger charge is 2.63. The maximum atomic E-state index is 13.7. The standard InChI is InChI=1S/C24H14Cl2N4O5/c25-14-4-5-17(16(26)10-14)29-23(32)19-18-8-12(11-27)6-7-28(18)21(20(19)24(29)33)22(31)13-2-1-3-15(9-13)30(34)35/h1-10,18-21H. The summed E-state index contributed by atoms with van der Waals surface area (Å²) in [7, 11) is 0. The van der Waals surface area contributed by atoms with Gasteiger partial charge in [-0.3, -0.25) is 24.5 Å². The van der Waals surface area contributed by atoms with Gasteiger partial charge in [-0.05, 0) is 30.4 Å². The lowest BCUT2D eigenvalue weighted by atomic mass is 9.86. The Hall–Kier alpha value is -4.00. The third-order valence-electron chi connectivity index (χ3n) is 6.44. The Bertz CT molecular complexity index is 1430. The van der Waals surface area contributed by atoms with E-state index in [1.165, 1.54) is 48.7 Å². The van der Waals surface area contributed by atoms with Crippen molar-refractivity contribution < 1.29 is 19.3 Å². The Morgan fingerprint density at radius 3 is 2.51 bits per heavy atom. The quantitative estimate of drug-likeness (QED) is 0.265. The lowest BCUT2D eigenvalue weighted by Gasteiger charge is -2.32. The van der Waals surface area contributed by atoms with Gasteiger partial charge in [0.1, 0.15) is 6.04 Å². The van der Waals surface area contributed by atoms with Gasteiger partial charge in [0, 0.05) is 28.9 Å². The number of ketones is 1. The summed E-state index contributed by atoms with van der Waals surface area (Å²) in [4.78, 5) is 54.1. The Morgan fingerprint density at radius 1 is 1.09 bits per heavy atom. The van der Waals surface area contributed by atoms with Gasteiger partial charge in [-0.15, -0.1) is 0 Å². The van der Waals surface area contributed by atoms with Crippen LogP contribution in [-0.4, -0.2) is 39.5 Å². The number of Topliss-reactive ketones (excluding diaryl/α,β-unsaturated/α-hetero) is 1. The Kier molecular flexibility index (Phi) is 5.43. The van der Waals surface area contributed by atoms with Crippen LogP contribution in [0.5, 0.6) is 0 Å². The molecular weight excluding hydrogens is 495 g/mol. The highest BCUT2D eigenvalue weighted by Crippen LogP contribution is 2.48. The van der Waals surface area contributed by atoms with Crippen molar-refractivity contribution in [2.75, 3.05) is 4.90 Å². The number of nitro benzene ring substituents is 1. The van der Waals surface area contributed by atoms with Crippen LogP contribution in [0.15, 0.2) is 66.4 Å². The zero-order valence-corrected chi connectivity index (χ0v) is 19.2. The van der Waals surface area contributed by atoms with Gasteiger partial charge in [-0.2, -0.15) is 5.26 Å². The van der Waals surface area contributed by atoms with Crippen LogP contribution in [0.25, 0.3) is 0 Å². The number of nitro groups is 1. The summed E-state index contributed by atoms with van der Waals surface area (Å²) >= 11 is 12.2. The number of hydrogen-bond acceptors (Lipinski definition) is 7. The molecule has 0 saturated carbocycles. The zero-order valence-electron chi connectivity index (χ0n) is 17.7. The van der Waals surface area contributed by atoms with Crippen LogP contribution in [0.2, 0.25) is 10.0 Å². The van der Waals surface area contributed by atoms with Gasteiger partial charge < -0.3 is 4.90 Å². The minimum absolute atomic E-state index is 0.0373. The molecule has 0 aromatic heterocycles. The average molecular weight is 509 g/mol. The van der Waals surface area contributed by atoms with Crippen LogP contribution in [-0.2, 0) is 9.59 Å². The lowest BCUT2D eigenvalue weighted by molar-refractivity contribution is -0.384. The maximum Gasteiger partial charge on any atom is 0.270 e. The molecule has 3 heterocycles. The number of hydrogen-bond donors (Lipinski definition) is 0. The number of fused-ring (bicyclic) bond motifs is 3. The molecule has 2 saturated heterocycles. The number of allylic oxidation sites excluding steroid dienone is 2. The van der Waals surface area contributed by atoms with Crippen molar-refractivity contribution in [3.63, 3.8) is 0 Å². The number of carbonyl (C=O) groups excluding carboxylic acids is 3. The minimum Gasteiger partial charge on any atom is -0.359 e. The van der Waals surface area contributed by atoms with Crippen molar-refractivity contribution in [1.82, 2.24) is 4.90 Å². The van der Waals surface area contributed by atoms with Gasteiger partial charge in [0.05, 0.1) is 45.2 Å². The Labute approximate surface area is 208 Å². The number of non-ortho nitro benzene ring substituents is 1. The Balaban J connectivity index is 1.62. The second kappa shape index (κ2) is 8.34. The molecule has 4 atom stereocenters. The number of halogens is 2. The first kappa shape index (κ1) is 22.8. The molecule has 4 unspecified atom stereocenters. The molecule has 174 valence electrons. The van der Waals surface area contributed by atoms with Crippen molar-refractivity contribution in [1.29, 1.82) is 5.26 Å². The molecule has 3 aliphatic rings. The van der Waals surface area contributed by atoms with E-state index in [0.29, 0.717) is 5.02 Å². The van der Waals surface area contributed by atoms with Crippen molar-refractivity contribution in [3.8, 4) is 6.07 Å². The molecule has 2 aromatic carbocycles. The maximum absolute atomic E-state index is 13.7. The highest BCUT2D eigenvalue weighted by molar-refractivity contribution is 6.38. The third kappa shape index (κ3) is 3.50. The van der Waals surface area contributed by atoms with E-state index in [-0.39, 0.29) is 27.5 Å². The smallest absolute Gasteiger partial charge is 0.270 e. The van der Waals surface area contributed by atoms with Crippen LogP contribution in [0.4, 0.5) is 11.4 Å². The van der Waals surface area contributed by atoms with Gasteiger partial charge in [-0.1, -0.05) is 35.3 Å². The van der Waals surface area contributed by atoms with Gasteiger partial charge >= 0.3 is 0 Å². The molecule has 2 amide bonds. The first-order valence-electron chi connectivity index (χ1n) is 10.4. The molecule has 9 nitrogen and oxygen atoms in total. The lowest BCUT2D eigenvalue weighted by Crippen LogP contribution is -2.46. The van der Waals surface area contributed by atoms with E-state index in [9.17, 15) is 29.8 Å². The van der Waals surface area contributed by atoms with E-state index < -0.39 is 46.4 Å². The summed E-state index contributed by atoms with van der Waals surface area (Å²) in [6.45, 7) is 0. The summed E-state index contributed by atoms with van der Waals surface area (Å²) in [6.07, 6.45) is 4.56. The summed E-state index contributed by atoms with van der Waals surface area (Å²) < 4.78 is 0. The van der Waals surface area contributed by atoms with E-state index in [1.54, 1.807) is 11.0 Å². The van der Waals surface area contributed by atoms with E-state index in [0.717, 1.165) is 11.0 Å². The van der Waals surface area contributed by atoms with Crippen molar-refractivity contribution in [2.45, 2.75) is 12.1 Å². The van der Waals surface area contributed by atoms with Gasteiger partial charge in [0.2, 0.25) is 11.8 Å². The molecule has 2 fully saturated rings. The summed E-state index contributed by atoms with van der Waals surface area (Å²) in [6, 6.07) is 9.73. The third-order valence-corrected chi connectivity index (χ3v) is 6.98. The molecule has 3 aliphatic heterocycles. The number of imide groups is 1. The number of benzene rings is 2. The van der Waals surface area contributed by atoms with Gasteiger partial charge in [0.25, 0.3) is 5.69 Å². The monoisotopic (exact) mass is 508 g/mol. The fourth-order valence-corrected chi connectivity index (χ4v) is 5.46. The molecule has 0 aliphatic carbocycles. The molecule has 0 N–H and O–H groups in total. The van der Waals surface area contributed by atoms with E-state index in [1.807, 2.05) is 6.07 Å². The number of anilines is 1. The van der Waals surface area contributed by atoms with Crippen molar-refractivity contribution in [3.05, 3.63) is 92.1 Å². The number of rotatable bonds is 4. The molecule has 35 heavy (non-hydrogen) atoms. The molecule has 0 radical (unpaired) electrons. The van der Waals surface area contributed by atoms with Crippen LogP contribution in [0.3, 0.4) is 0 Å². The van der Waals surface area contributed by atoms with Gasteiger partial charge in [-0.25, -0.2) is 4.90 Å². The average Bonchev–Trinajstić information content (AvgIpc) is 3.31. The van der Waals surface area contributed by atoms with Crippen LogP contribution in [0, 0.1) is 33.3 Å². The van der Waals surface area contributed by atoms with Crippen molar-refractivity contribution in [2.24, 2.45) is 11.8 Å². The van der Waals surface area contributed by atoms with Crippen LogP contribution >= 0.6 is 23.2 Å². The van der Waals surface area contributed by atoms with Crippen molar-refractivity contribution >= 4 is 52.2 Å².